The van der Waals surface area contributed by atoms with Crippen molar-refractivity contribution in [3.05, 3.63) is 51.7 Å². The van der Waals surface area contributed by atoms with E-state index in [1.165, 1.54) is 6.07 Å². The molecule has 4 nitrogen and oxygen atoms in total. The van der Waals surface area contributed by atoms with Gasteiger partial charge in [0.2, 0.25) is 0 Å². The van der Waals surface area contributed by atoms with Crippen LogP contribution in [0.5, 0.6) is 0 Å². The summed E-state index contributed by atoms with van der Waals surface area (Å²) in [6.07, 6.45) is 4.14. The SMILES string of the molecule is C=CCc1c[nH]c2c([N+](=O)[O-])cc(Cl)cc12. The number of halogens is 1. The fraction of sp³-hybridized carbons (Fsp3) is 0.0909. The third-order valence-electron chi connectivity index (χ3n) is 2.38. The number of fused-ring (bicyclic) bond motifs is 1. The molecule has 0 saturated carbocycles. The third kappa shape index (κ3) is 1.67. The number of allylic oxidation sites excluding steroid dienone is 1. The minimum absolute atomic E-state index is 0.00203. The molecule has 0 amide bonds. The molecule has 0 radical (unpaired) electrons. The molecule has 0 bridgehead atoms. The average Bonchev–Trinajstić information content (AvgIpc) is 2.61. The third-order valence-corrected chi connectivity index (χ3v) is 2.60. The molecule has 16 heavy (non-hydrogen) atoms. The van der Waals surface area contributed by atoms with Gasteiger partial charge in [-0.2, -0.15) is 0 Å². The van der Waals surface area contributed by atoms with Crippen LogP contribution in [0.15, 0.2) is 31.0 Å². The molecule has 1 heterocycles. The number of rotatable bonds is 3. The van der Waals surface area contributed by atoms with Gasteiger partial charge in [-0.1, -0.05) is 17.7 Å². The van der Waals surface area contributed by atoms with Crippen LogP contribution in [0.4, 0.5) is 5.69 Å². The minimum atomic E-state index is -0.442. The Morgan fingerprint density at radius 1 is 1.56 bits per heavy atom. The topological polar surface area (TPSA) is 58.9 Å². The van der Waals surface area contributed by atoms with E-state index in [-0.39, 0.29) is 5.69 Å². The van der Waals surface area contributed by atoms with E-state index in [4.69, 9.17) is 11.6 Å². The molecular weight excluding hydrogens is 228 g/mol. The van der Waals surface area contributed by atoms with Gasteiger partial charge >= 0.3 is 0 Å². The number of aromatic amines is 1. The standard InChI is InChI=1S/C11H9ClN2O2/c1-2-3-7-6-13-11-9(7)4-8(12)5-10(11)14(15)16/h2,4-6,13H,1,3H2. The highest BCUT2D eigenvalue weighted by Crippen LogP contribution is 2.31. The van der Waals surface area contributed by atoms with Crippen molar-refractivity contribution < 1.29 is 4.92 Å². The summed E-state index contributed by atoms with van der Waals surface area (Å²) in [6.45, 7) is 3.64. The Kier molecular flexibility index (Phi) is 2.66. The largest absolute Gasteiger partial charge is 0.355 e. The number of nitro groups is 1. The predicted molar refractivity (Wildman–Crippen MR) is 63.9 cm³/mol. The summed E-state index contributed by atoms with van der Waals surface area (Å²) < 4.78 is 0. The maximum absolute atomic E-state index is 10.8. The van der Waals surface area contributed by atoms with Crippen molar-refractivity contribution in [1.82, 2.24) is 4.98 Å². The first-order valence-corrected chi connectivity index (χ1v) is 5.06. The van der Waals surface area contributed by atoms with Crippen LogP contribution < -0.4 is 0 Å². The summed E-state index contributed by atoms with van der Waals surface area (Å²) in [4.78, 5) is 13.3. The zero-order valence-corrected chi connectivity index (χ0v) is 9.12. The number of nitro benzene ring substituents is 1. The fourth-order valence-corrected chi connectivity index (χ4v) is 1.92. The quantitative estimate of drug-likeness (QED) is 0.504. The Hall–Kier alpha value is -1.81. The first-order chi connectivity index (χ1) is 7.63. The molecule has 0 spiro atoms. The van der Waals surface area contributed by atoms with Gasteiger partial charge in [0.15, 0.2) is 0 Å². The lowest BCUT2D eigenvalue weighted by molar-refractivity contribution is -0.383. The van der Waals surface area contributed by atoms with Crippen molar-refractivity contribution in [2.75, 3.05) is 0 Å². The molecule has 0 saturated heterocycles. The summed E-state index contributed by atoms with van der Waals surface area (Å²) in [5, 5.41) is 12.0. The van der Waals surface area contributed by atoms with Crippen LogP contribution in [0.2, 0.25) is 5.02 Å². The molecule has 0 fully saturated rings. The number of nitrogens with one attached hydrogen (secondary N) is 1. The van der Waals surface area contributed by atoms with E-state index >= 15 is 0 Å². The second-order valence-electron chi connectivity index (χ2n) is 3.41. The normalized spacial score (nSPS) is 10.6. The molecule has 1 N–H and O–H groups in total. The van der Waals surface area contributed by atoms with Gasteiger partial charge in [0.25, 0.3) is 5.69 Å². The first kappa shape index (κ1) is 10.7. The highest BCUT2D eigenvalue weighted by atomic mass is 35.5. The second kappa shape index (κ2) is 3.98. The molecule has 2 rings (SSSR count). The van der Waals surface area contributed by atoms with Crippen LogP contribution >= 0.6 is 11.6 Å². The maximum atomic E-state index is 10.8. The zero-order chi connectivity index (χ0) is 11.7. The van der Waals surface area contributed by atoms with E-state index in [0.29, 0.717) is 17.0 Å². The smallest absolute Gasteiger partial charge is 0.294 e. The highest BCUT2D eigenvalue weighted by Gasteiger charge is 2.16. The van der Waals surface area contributed by atoms with E-state index in [1.54, 1.807) is 18.3 Å². The van der Waals surface area contributed by atoms with Crippen molar-refractivity contribution >= 4 is 28.2 Å². The maximum Gasteiger partial charge on any atom is 0.294 e. The lowest BCUT2D eigenvalue weighted by Crippen LogP contribution is -1.89. The molecule has 82 valence electrons. The van der Waals surface area contributed by atoms with Crippen LogP contribution in [0.25, 0.3) is 10.9 Å². The summed E-state index contributed by atoms with van der Waals surface area (Å²) >= 11 is 5.85. The van der Waals surface area contributed by atoms with E-state index < -0.39 is 4.92 Å². The molecule has 1 aromatic carbocycles. The number of benzene rings is 1. The van der Waals surface area contributed by atoms with Gasteiger partial charge in [-0.05, 0) is 18.1 Å². The molecule has 0 aliphatic heterocycles. The highest BCUT2D eigenvalue weighted by molar-refractivity contribution is 6.31. The van der Waals surface area contributed by atoms with E-state index in [0.717, 1.165) is 10.9 Å². The Labute approximate surface area is 96.7 Å². The lowest BCUT2D eigenvalue weighted by atomic mass is 10.1. The molecule has 2 aromatic rings. The van der Waals surface area contributed by atoms with Gasteiger partial charge in [0, 0.05) is 22.7 Å². The van der Waals surface area contributed by atoms with Crippen molar-refractivity contribution in [3.63, 3.8) is 0 Å². The molecule has 5 heteroatoms. The second-order valence-corrected chi connectivity index (χ2v) is 3.85. The molecule has 0 atom stereocenters. The van der Waals surface area contributed by atoms with Crippen LogP contribution in [0.3, 0.4) is 0 Å². The van der Waals surface area contributed by atoms with E-state index in [1.807, 2.05) is 0 Å². The Bertz CT molecular complexity index is 575. The Morgan fingerprint density at radius 2 is 2.31 bits per heavy atom. The number of hydrogen-bond acceptors (Lipinski definition) is 2. The molecule has 0 aliphatic rings. The lowest BCUT2D eigenvalue weighted by Gasteiger charge is -1.97. The molecule has 1 aromatic heterocycles. The van der Waals surface area contributed by atoms with Crippen LogP contribution in [0, 0.1) is 10.1 Å². The van der Waals surface area contributed by atoms with Crippen LogP contribution in [-0.2, 0) is 6.42 Å². The Balaban J connectivity index is 2.75. The summed E-state index contributed by atoms with van der Waals surface area (Å²) in [5.74, 6) is 0. The summed E-state index contributed by atoms with van der Waals surface area (Å²) in [6, 6.07) is 3.07. The number of H-pyrrole nitrogens is 1. The van der Waals surface area contributed by atoms with Crippen LogP contribution in [-0.4, -0.2) is 9.91 Å². The number of nitrogens with zero attached hydrogens (tertiary/aromatic N) is 1. The minimum Gasteiger partial charge on any atom is -0.355 e. The molecular formula is C11H9ClN2O2. The van der Waals surface area contributed by atoms with E-state index in [2.05, 4.69) is 11.6 Å². The zero-order valence-electron chi connectivity index (χ0n) is 8.37. The Morgan fingerprint density at radius 3 is 2.94 bits per heavy atom. The number of non-ortho nitro benzene ring substituents is 1. The van der Waals surface area contributed by atoms with Crippen molar-refractivity contribution in [3.8, 4) is 0 Å². The number of aromatic nitrogens is 1. The molecule has 0 unspecified atom stereocenters. The monoisotopic (exact) mass is 236 g/mol. The fourth-order valence-electron chi connectivity index (χ4n) is 1.70. The van der Waals surface area contributed by atoms with Gasteiger partial charge in [0.05, 0.1) is 4.92 Å². The molecule has 0 aliphatic carbocycles. The summed E-state index contributed by atoms with van der Waals surface area (Å²) in [7, 11) is 0. The van der Waals surface area contributed by atoms with Crippen LogP contribution in [0.1, 0.15) is 5.56 Å². The average molecular weight is 237 g/mol. The van der Waals surface area contributed by atoms with Gasteiger partial charge < -0.3 is 4.98 Å². The van der Waals surface area contributed by atoms with Crippen molar-refractivity contribution in [2.45, 2.75) is 6.42 Å². The van der Waals surface area contributed by atoms with Crippen molar-refractivity contribution in [2.24, 2.45) is 0 Å². The predicted octanol–water partition coefficient (Wildman–Crippen LogP) is 3.46. The van der Waals surface area contributed by atoms with Gasteiger partial charge in [-0.15, -0.1) is 6.58 Å². The van der Waals surface area contributed by atoms with Gasteiger partial charge in [0.1, 0.15) is 5.52 Å². The summed E-state index contributed by atoms with van der Waals surface area (Å²) in [5.41, 5.74) is 1.46. The number of hydrogen-bond donors (Lipinski definition) is 1. The van der Waals surface area contributed by atoms with Gasteiger partial charge in [-0.3, -0.25) is 10.1 Å². The first-order valence-electron chi connectivity index (χ1n) is 4.68. The van der Waals surface area contributed by atoms with Gasteiger partial charge in [-0.25, -0.2) is 0 Å². The van der Waals surface area contributed by atoms with Crippen molar-refractivity contribution in [1.29, 1.82) is 0 Å². The van der Waals surface area contributed by atoms with E-state index in [9.17, 15) is 10.1 Å².